The average molecular weight is 291 g/mol. The number of phenolic OH excluding ortho intramolecular Hbond substituents is 1. The summed E-state index contributed by atoms with van der Waals surface area (Å²) in [6, 6.07) is 7.92. The number of aryl methyl sites for hydroxylation is 2. The number of rotatable bonds is 2. The molecule has 0 radical (unpaired) electrons. The Morgan fingerprint density at radius 1 is 1.20 bits per heavy atom. The van der Waals surface area contributed by atoms with E-state index in [4.69, 9.17) is 17.3 Å². The lowest BCUT2D eigenvalue weighted by Crippen LogP contribution is -2.13. The van der Waals surface area contributed by atoms with Gasteiger partial charge in [0.25, 0.3) is 5.91 Å². The number of halogens is 1. The Hall–Kier alpha value is -2.20. The summed E-state index contributed by atoms with van der Waals surface area (Å²) in [5.41, 5.74) is 9.10. The third-order valence-electron chi connectivity index (χ3n) is 3.12. The summed E-state index contributed by atoms with van der Waals surface area (Å²) in [7, 11) is 0. The number of anilines is 2. The van der Waals surface area contributed by atoms with Gasteiger partial charge in [0.15, 0.2) is 0 Å². The van der Waals surface area contributed by atoms with Gasteiger partial charge in [-0.3, -0.25) is 4.79 Å². The maximum Gasteiger partial charge on any atom is 0.259 e. The van der Waals surface area contributed by atoms with Crippen molar-refractivity contribution in [2.75, 3.05) is 11.1 Å². The van der Waals surface area contributed by atoms with Crippen molar-refractivity contribution >= 4 is 28.9 Å². The van der Waals surface area contributed by atoms with E-state index >= 15 is 0 Å². The number of nitrogens with two attached hydrogens (primary N) is 1. The van der Waals surface area contributed by atoms with Crippen molar-refractivity contribution in [3.8, 4) is 5.75 Å². The van der Waals surface area contributed by atoms with Crippen molar-refractivity contribution < 1.29 is 9.90 Å². The first-order valence-electron chi connectivity index (χ1n) is 6.05. The van der Waals surface area contributed by atoms with E-state index in [-0.39, 0.29) is 11.3 Å². The van der Waals surface area contributed by atoms with E-state index < -0.39 is 5.91 Å². The molecule has 20 heavy (non-hydrogen) atoms. The highest BCUT2D eigenvalue weighted by molar-refractivity contribution is 6.31. The number of nitrogen functional groups attached to an aromatic ring is 1. The molecule has 5 heteroatoms. The van der Waals surface area contributed by atoms with Gasteiger partial charge in [-0.15, -0.1) is 0 Å². The van der Waals surface area contributed by atoms with Gasteiger partial charge in [-0.25, -0.2) is 0 Å². The molecule has 4 nitrogen and oxygen atoms in total. The average Bonchev–Trinajstić information content (AvgIpc) is 2.35. The van der Waals surface area contributed by atoms with Crippen molar-refractivity contribution in [1.29, 1.82) is 0 Å². The number of carbonyl (C=O) groups excluding carboxylic acids is 1. The van der Waals surface area contributed by atoms with E-state index in [2.05, 4.69) is 5.32 Å². The summed E-state index contributed by atoms with van der Waals surface area (Å²) < 4.78 is 0. The van der Waals surface area contributed by atoms with Crippen molar-refractivity contribution in [1.82, 2.24) is 0 Å². The molecule has 0 heterocycles. The number of carbonyl (C=O) groups is 1. The fourth-order valence-electron chi connectivity index (χ4n) is 1.83. The standard InChI is InChI=1S/C15H15ClN2O2/c1-8-5-12(17)13(6-9(8)2)18-15(20)11-4-3-10(16)7-14(11)19/h3-7,19H,17H2,1-2H3,(H,18,20). The first-order valence-corrected chi connectivity index (χ1v) is 6.43. The molecule has 0 aliphatic carbocycles. The van der Waals surface area contributed by atoms with Crippen LogP contribution in [-0.4, -0.2) is 11.0 Å². The molecule has 4 N–H and O–H groups in total. The molecule has 0 aliphatic rings. The third kappa shape index (κ3) is 2.86. The van der Waals surface area contributed by atoms with Gasteiger partial charge in [-0.1, -0.05) is 11.6 Å². The Balaban J connectivity index is 2.30. The number of benzene rings is 2. The normalized spacial score (nSPS) is 10.3. The van der Waals surface area contributed by atoms with E-state index in [1.807, 2.05) is 13.8 Å². The Morgan fingerprint density at radius 2 is 1.85 bits per heavy atom. The van der Waals surface area contributed by atoms with Crippen LogP contribution in [0.25, 0.3) is 0 Å². The molecule has 0 fully saturated rings. The first-order chi connectivity index (χ1) is 9.38. The molecular formula is C15H15ClN2O2. The number of phenols is 1. The van der Waals surface area contributed by atoms with Crippen LogP contribution in [0.1, 0.15) is 21.5 Å². The van der Waals surface area contributed by atoms with Crippen LogP contribution in [0.2, 0.25) is 5.02 Å². The van der Waals surface area contributed by atoms with Crippen LogP contribution >= 0.6 is 11.6 Å². The van der Waals surface area contributed by atoms with Crippen LogP contribution in [0.5, 0.6) is 5.75 Å². The van der Waals surface area contributed by atoms with Crippen LogP contribution in [-0.2, 0) is 0 Å². The highest BCUT2D eigenvalue weighted by atomic mass is 35.5. The molecular weight excluding hydrogens is 276 g/mol. The maximum atomic E-state index is 12.1. The Morgan fingerprint density at radius 3 is 2.50 bits per heavy atom. The van der Waals surface area contributed by atoms with Crippen LogP contribution in [0, 0.1) is 13.8 Å². The molecule has 2 aromatic rings. The summed E-state index contributed by atoms with van der Waals surface area (Å²) >= 11 is 5.73. The third-order valence-corrected chi connectivity index (χ3v) is 3.35. The van der Waals surface area contributed by atoms with Crippen LogP contribution in [0.3, 0.4) is 0 Å². The van der Waals surface area contributed by atoms with Gasteiger partial charge in [-0.05, 0) is 55.3 Å². The highest BCUT2D eigenvalue weighted by Gasteiger charge is 2.13. The topological polar surface area (TPSA) is 75.3 Å². The predicted molar refractivity (Wildman–Crippen MR) is 81.4 cm³/mol. The second-order valence-corrected chi connectivity index (χ2v) is 5.08. The maximum absolute atomic E-state index is 12.1. The zero-order valence-electron chi connectivity index (χ0n) is 11.2. The van der Waals surface area contributed by atoms with Crippen LogP contribution in [0.15, 0.2) is 30.3 Å². The van der Waals surface area contributed by atoms with Gasteiger partial charge in [0.05, 0.1) is 16.9 Å². The number of aromatic hydroxyl groups is 1. The van der Waals surface area contributed by atoms with E-state index in [0.717, 1.165) is 11.1 Å². The molecule has 1 amide bonds. The summed E-state index contributed by atoms with van der Waals surface area (Å²) in [5.74, 6) is -0.605. The van der Waals surface area contributed by atoms with E-state index in [0.29, 0.717) is 16.4 Å². The van der Waals surface area contributed by atoms with Gasteiger partial charge < -0.3 is 16.2 Å². The summed E-state index contributed by atoms with van der Waals surface area (Å²) in [4.78, 5) is 12.1. The van der Waals surface area contributed by atoms with Crippen molar-refractivity contribution in [2.45, 2.75) is 13.8 Å². The molecule has 2 rings (SSSR count). The lowest BCUT2D eigenvalue weighted by molar-refractivity contribution is 0.102. The minimum absolute atomic E-state index is 0.145. The first kappa shape index (κ1) is 14.2. The SMILES string of the molecule is Cc1cc(N)c(NC(=O)c2ccc(Cl)cc2O)cc1C. The van der Waals surface area contributed by atoms with Crippen molar-refractivity contribution in [3.05, 3.63) is 52.0 Å². The van der Waals surface area contributed by atoms with Crippen LogP contribution < -0.4 is 11.1 Å². The summed E-state index contributed by atoms with van der Waals surface area (Å²) in [6.07, 6.45) is 0. The molecule has 0 atom stereocenters. The zero-order chi connectivity index (χ0) is 14.9. The monoisotopic (exact) mass is 290 g/mol. The fourth-order valence-corrected chi connectivity index (χ4v) is 2.00. The number of amides is 1. The Bertz CT molecular complexity index is 684. The molecule has 0 saturated carbocycles. The largest absolute Gasteiger partial charge is 0.507 e. The van der Waals surface area contributed by atoms with E-state index in [1.54, 1.807) is 18.2 Å². The molecule has 2 aromatic carbocycles. The Labute approximate surface area is 122 Å². The van der Waals surface area contributed by atoms with E-state index in [9.17, 15) is 9.90 Å². The van der Waals surface area contributed by atoms with Crippen molar-refractivity contribution in [2.24, 2.45) is 0 Å². The fraction of sp³-hybridized carbons (Fsp3) is 0.133. The van der Waals surface area contributed by atoms with Crippen LogP contribution in [0.4, 0.5) is 11.4 Å². The van der Waals surface area contributed by atoms with Gasteiger partial charge >= 0.3 is 0 Å². The summed E-state index contributed by atoms with van der Waals surface area (Å²) in [6.45, 7) is 3.88. The van der Waals surface area contributed by atoms with Gasteiger partial charge in [0.2, 0.25) is 0 Å². The lowest BCUT2D eigenvalue weighted by Gasteiger charge is -2.12. The predicted octanol–water partition coefficient (Wildman–Crippen LogP) is 3.50. The molecule has 0 unspecified atom stereocenters. The lowest BCUT2D eigenvalue weighted by atomic mass is 10.1. The number of nitrogens with one attached hydrogen (secondary N) is 1. The smallest absolute Gasteiger partial charge is 0.259 e. The molecule has 0 bridgehead atoms. The molecule has 0 aliphatic heterocycles. The van der Waals surface area contributed by atoms with Gasteiger partial charge in [0, 0.05) is 5.02 Å². The molecule has 0 spiro atoms. The summed E-state index contributed by atoms with van der Waals surface area (Å²) in [5, 5.41) is 12.8. The van der Waals surface area contributed by atoms with Crippen molar-refractivity contribution in [3.63, 3.8) is 0 Å². The molecule has 104 valence electrons. The second kappa shape index (κ2) is 5.43. The Kier molecular flexibility index (Phi) is 3.86. The highest BCUT2D eigenvalue weighted by Crippen LogP contribution is 2.26. The number of hydrogen-bond donors (Lipinski definition) is 3. The van der Waals surface area contributed by atoms with Gasteiger partial charge in [0.1, 0.15) is 5.75 Å². The second-order valence-electron chi connectivity index (χ2n) is 4.64. The number of hydrogen-bond acceptors (Lipinski definition) is 3. The molecule has 0 aromatic heterocycles. The minimum atomic E-state index is -0.436. The van der Waals surface area contributed by atoms with Gasteiger partial charge in [-0.2, -0.15) is 0 Å². The zero-order valence-corrected chi connectivity index (χ0v) is 12.0. The van der Waals surface area contributed by atoms with E-state index in [1.165, 1.54) is 12.1 Å². The minimum Gasteiger partial charge on any atom is -0.507 e. The quantitative estimate of drug-likeness (QED) is 0.741. The molecule has 0 saturated heterocycles.